The van der Waals surface area contributed by atoms with Gasteiger partial charge in [0.15, 0.2) is 5.75 Å². The summed E-state index contributed by atoms with van der Waals surface area (Å²) in [4.78, 5) is 0. The van der Waals surface area contributed by atoms with Crippen LogP contribution in [-0.4, -0.2) is 37.2 Å². The van der Waals surface area contributed by atoms with Crippen LogP contribution in [-0.2, 0) is 0 Å². The molecule has 36 heavy (non-hydrogen) atoms. The van der Waals surface area contributed by atoms with E-state index in [1.807, 2.05) is 0 Å². The van der Waals surface area contributed by atoms with Gasteiger partial charge in [-0.15, -0.1) is 0 Å². The summed E-state index contributed by atoms with van der Waals surface area (Å²) in [6.45, 7) is 0. The van der Waals surface area contributed by atoms with Crippen LogP contribution in [0.25, 0.3) is 32.8 Å². The second-order valence-corrected chi connectivity index (χ2v) is 8.90. The lowest BCUT2D eigenvalue weighted by Crippen LogP contribution is -2.42. The molecule has 1 aliphatic rings. The van der Waals surface area contributed by atoms with Gasteiger partial charge in [-0.1, -0.05) is 24.3 Å². The van der Waals surface area contributed by atoms with E-state index in [1.54, 1.807) is 36.4 Å². The van der Waals surface area contributed by atoms with E-state index in [2.05, 4.69) is 17.5 Å². The maximum Gasteiger partial charge on any atom is 0.638 e. The third-order valence-corrected chi connectivity index (χ3v) is 6.90. The van der Waals surface area contributed by atoms with E-state index in [4.69, 9.17) is 14.0 Å². The molecule has 6 aromatic rings. The topological polar surface area (TPSA) is 99.5 Å². The third kappa shape index (κ3) is 3.04. The van der Waals surface area contributed by atoms with E-state index >= 15 is 8.78 Å². The number of para-hydroxylation sites is 4. The smallest absolute Gasteiger partial charge is 0.555 e. The van der Waals surface area contributed by atoms with E-state index in [9.17, 15) is 5.11 Å². The van der Waals surface area contributed by atoms with Crippen LogP contribution >= 0.6 is 23.5 Å². The number of hydrogen-bond acceptors (Lipinski definition) is 10. The number of fused-ring (bicyclic) bond motifs is 6. The molecule has 4 aromatic carbocycles. The number of phenolic OH excluding ortho intramolecular Hbond substituents is 1. The van der Waals surface area contributed by atoms with Gasteiger partial charge in [-0.05, 0) is 24.3 Å². The Balaban J connectivity index is 1.44. The standard InChI is InChI=1S/C22H9B2F2N4O4S2/c25-17-13-14(19-21(29-35-27-19)15(17)23-32-10-6-2-1-5-9(10)31)18(26)16(22-20(13)28-36-30-22)24-33-11-7-3-4-8-12(11)34-24/h1-8,31H. The molecule has 0 atom stereocenters. The highest BCUT2D eigenvalue weighted by atomic mass is 32.1. The Morgan fingerprint density at radius 3 is 2.08 bits per heavy atom. The number of aromatic nitrogens is 4. The van der Waals surface area contributed by atoms with E-state index in [0.29, 0.717) is 11.5 Å². The number of halogens is 2. The summed E-state index contributed by atoms with van der Waals surface area (Å²) >= 11 is 1.62. The number of rotatable bonds is 4. The molecule has 0 bridgehead atoms. The summed E-state index contributed by atoms with van der Waals surface area (Å²) in [6, 6.07) is 13.2. The summed E-state index contributed by atoms with van der Waals surface area (Å²) in [7, 11) is -0.0243. The molecule has 0 aliphatic carbocycles. The Labute approximate surface area is 210 Å². The lowest BCUT2D eigenvalue weighted by molar-refractivity contribution is 0.444. The van der Waals surface area contributed by atoms with Crippen molar-refractivity contribution in [1.29, 1.82) is 0 Å². The highest BCUT2D eigenvalue weighted by Crippen LogP contribution is 2.36. The molecule has 7 rings (SSSR count). The Morgan fingerprint density at radius 1 is 0.778 bits per heavy atom. The van der Waals surface area contributed by atoms with Gasteiger partial charge in [0.25, 0.3) is 0 Å². The molecule has 173 valence electrons. The quantitative estimate of drug-likeness (QED) is 0.356. The first-order chi connectivity index (χ1) is 17.6. The molecular formula is C22H9B2F2N4O4S2. The van der Waals surface area contributed by atoms with Crippen LogP contribution in [0.5, 0.6) is 23.0 Å². The molecule has 0 fully saturated rings. The predicted octanol–water partition coefficient (Wildman–Crippen LogP) is 3.32. The lowest BCUT2D eigenvalue weighted by Gasteiger charge is -2.13. The molecule has 1 radical (unpaired) electrons. The van der Waals surface area contributed by atoms with Crippen LogP contribution in [0.3, 0.4) is 0 Å². The average molecular weight is 517 g/mol. The molecule has 0 saturated carbocycles. The van der Waals surface area contributed by atoms with Gasteiger partial charge >= 0.3 is 14.6 Å². The van der Waals surface area contributed by atoms with Crippen LogP contribution in [0.2, 0.25) is 0 Å². The van der Waals surface area contributed by atoms with Gasteiger partial charge in [0, 0.05) is 5.46 Å². The molecule has 0 spiro atoms. The van der Waals surface area contributed by atoms with Crippen molar-refractivity contribution in [2.45, 2.75) is 0 Å². The monoisotopic (exact) mass is 517 g/mol. The number of benzene rings is 4. The summed E-state index contributed by atoms with van der Waals surface area (Å²) in [5.41, 5.74) is 0.433. The zero-order valence-corrected chi connectivity index (χ0v) is 19.4. The van der Waals surface area contributed by atoms with Gasteiger partial charge in [0.2, 0.25) is 0 Å². The zero-order chi connectivity index (χ0) is 24.4. The van der Waals surface area contributed by atoms with Crippen molar-refractivity contribution in [3.05, 3.63) is 60.2 Å². The second-order valence-electron chi connectivity index (χ2n) is 7.85. The van der Waals surface area contributed by atoms with Gasteiger partial charge in [-0.3, -0.25) is 0 Å². The molecule has 14 heteroatoms. The van der Waals surface area contributed by atoms with Crippen molar-refractivity contribution in [2.75, 3.05) is 0 Å². The third-order valence-electron chi connectivity index (χ3n) is 5.84. The second kappa shape index (κ2) is 8.00. The zero-order valence-electron chi connectivity index (χ0n) is 17.8. The van der Waals surface area contributed by atoms with Gasteiger partial charge in [-0.25, -0.2) is 8.78 Å². The summed E-state index contributed by atoms with van der Waals surface area (Å²) in [5, 5.41) is 9.79. The molecule has 1 aliphatic heterocycles. The SMILES string of the molecule is Oc1ccccc1O[B]c1c(F)c2c3nsnc3c(B3Oc4ccccc4O3)c(F)c2c2nsnc12. The number of nitrogens with zero attached hydrogens (tertiary/aromatic N) is 4. The van der Waals surface area contributed by atoms with Gasteiger partial charge in [-0.2, -0.15) is 17.5 Å². The fourth-order valence-electron chi connectivity index (χ4n) is 4.22. The maximum absolute atomic E-state index is 16.2. The number of phenols is 1. The molecule has 3 heterocycles. The average Bonchev–Trinajstić information content (AvgIpc) is 3.64. The normalized spacial score (nSPS) is 12.7. The van der Waals surface area contributed by atoms with Crippen LogP contribution < -0.4 is 24.9 Å². The molecule has 0 amide bonds. The van der Waals surface area contributed by atoms with Crippen LogP contribution in [0.15, 0.2) is 48.5 Å². The first-order valence-electron chi connectivity index (χ1n) is 10.5. The Morgan fingerprint density at radius 2 is 1.36 bits per heavy atom. The molecule has 0 unspecified atom stereocenters. The first-order valence-corrected chi connectivity index (χ1v) is 12.0. The van der Waals surface area contributed by atoms with Crippen LogP contribution in [0, 0.1) is 11.6 Å². The lowest BCUT2D eigenvalue weighted by atomic mass is 9.75. The summed E-state index contributed by atoms with van der Waals surface area (Å²) in [6.07, 6.45) is 0. The Hall–Kier alpha value is -4.03. The minimum absolute atomic E-state index is 0.00154. The minimum Gasteiger partial charge on any atom is -0.555 e. The van der Waals surface area contributed by atoms with Crippen molar-refractivity contribution in [3.8, 4) is 23.0 Å². The fraction of sp³-hybridized carbons (Fsp3) is 0. The molecule has 1 N–H and O–H groups in total. The Bertz CT molecular complexity index is 1810. The summed E-state index contributed by atoms with van der Waals surface area (Å²) in [5.74, 6) is -0.687. The molecular weight excluding hydrogens is 508 g/mol. The minimum atomic E-state index is -1.14. The molecule has 8 nitrogen and oxygen atoms in total. The highest BCUT2D eigenvalue weighted by molar-refractivity contribution is 7.00. The van der Waals surface area contributed by atoms with Crippen molar-refractivity contribution >= 4 is 81.8 Å². The number of aromatic hydroxyl groups is 1. The fourth-order valence-corrected chi connectivity index (χ4v) is 5.35. The van der Waals surface area contributed by atoms with Gasteiger partial charge in [0.1, 0.15) is 50.9 Å². The highest BCUT2D eigenvalue weighted by Gasteiger charge is 2.41. The van der Waals surface area contributed by atoms with Gasteiger partial charge < -0.3 is 19.1 Å². The van der Waals surface area contributed by atoms with Crippen molar-refractivity contribution < 1.29 is 27.9 Å². The largest absolute Gasteiger partial charge is 0.638 e. The van der Waals surface area contributed by atoms with E-state index < -0.39 is 18.8 Å². The van der Waals surface area contributed by atoms with Crippen molar-refractivity contribution in [1.82, 2.24) is 17.5 Å². The van der Waals surface area contributed by atoms with Crippen molar-refractivity contribution in [2.24, 2.45) is 0 Å². The first kappa shape index (κ1) is 21.3. The van der Waals surface area contributed by atoms with E-state index in [-0.39, 0.29) is 55.3 Å². The number of hydrogen-bond donors (Lipinski definition) is 1. The van der Waals surface area contributed by atoms with E-state index in [1.165, 1.54) is 12.1 Å². The van der Waals surface area contributed by atoms with Gasteiger partial charge in [0.05, 0.1) is 39.7 Å². The predicted molar refractivity (Wildman–Crippen MR) is 133 cm³/mol. The van der Waals surface area contributed by atoms with Crippen LogP contribution in [0.4, 0.5) is 8.78 Å². The Kier molecular flexibility index (Phi) is 4.73. The van der Waals surface area contributed by atoms with E-state index in [0.717, 1.165) is 30.9 Å². The van der Waals surface area contributed by atoms with Crippen molar-refractivity contribution in [3.63, 3.8) is 0 Å². The maximum atomic E-state index is 16.2. The van der Waals surface area contributed by atoms with Crippen LogP contribution in [0.1, 0.15) is 0 Å². The molecule has 2 aromatic heterocycles. The molecule has 0 saturated heterocycles. The summed E-state index contributed by atoms with van der Waals surface area (Å²) < 4.78 is 66.5.